The van der Waals surface area contributed by atoms with Crippen LogP contribution in [0.25, 0.3) is 0 Å². The summed E-state index contributed by atoms with van der Waals surface area (Å²) in [6.45, 7) is 8.18. The molecule has 2 unspecified atom stereocenters. The highest BCUT2D eigenvalue weighted by Gasteiger charge is 2.20. The lowest BCUT2D eigenvalue weighted by Crippen LogP contribution is -2.36. The molecule has 2 N–H and O–H groups in total. The summed E-state index contributed by atoms with van der Waals surface area (Å²) in [6, 6.07) is 3.27. The van der Waals surface area contributed by atoms with Gasteiger partial charge in [-0.2, -0.15) is 0 Å². The van der Waals surface area contributed by atoms with Gasteiger partial charge in [0.15, 0.2) is 0 Å². The van der Waals surface area contributed by atoms with Gasteiger partial charge >= 0.3 is 0 Å². The standard InChI is InChI=1S/C16H25F2NO2/c1-10(2)16(14-6-5-12(17)7-15(14)18)19-8-13(20)9-21-11(3)4/h5-7,10-11,13,16,19-20H,8-9H2,1-4H3. The summed E-state index contributed by atoms with van der Waals surface area (Å²) in [5, 5.41) is 13.0. The molecule has 0 aliphatic heterocycles. The Morgan fingerprint density at radius 2 is 1.86 bits per heavy atom. The van der Waals surface area contributed by atoms with E-state index in [1.54, 1.807) is 0 Å². The number of hydrogen-bond acceptors (Lipinski definition) is 3. The highest BCUT2D eigenvalue weighted by Crippen LogP contribution is 2.24. The van der Waals surface area contributed by atoms with Gasteiger partial charge in [-0.05, 0) is 25.8 Å². The molecule has 21 heavy (non-hydrogen) atoms. The van der Waals surface area contributed by atoms with Crippen LogP contribution in [0.4, 0.5) is 8.78 Å². The molecule has 0 aromatic heterocycles. The molecule has 1 rings (SSSR count). The first-order chi connectivity index (χ1) is 9.81. The highest BCUT2D eigenvalue weighted by molar-refractivity contribution is 5.22. The summed E-state index contributed by atoms with van der Waals surface area (Å²) in [6.07, 6.45) is -0.618. The summed E-state index contributed by atoms with van der Waals surface area (Å²) >= 11 is 0. The Balaban J connectivity index is 2.66. The molecule has 3 nitrogen and oxygen atoms in total. The van der Waals surface area contributed by atoms with Crippen LogP contribution in [0.3, 0.4) is 0 Å². The van der Waals surface area contributed by atoms with E-state index >= 15 is 0 Å². The van der Waals surface area contributed by atoms with Crippen molar-refractivity contribution < 1.29 is 18.6 Å². The van der Waals surface area contributed by atoms with E-state index in [1.807, 2.05) is 27.7 Å². The maximum Gasteiger partial charge on any atom is 0.130 e. The van der Waals surface area contributed by atoms with Crippen molar-refractivity contribution in [1.82, 2.24) is 5.32 Å². The van der Waals surface area contributed by atoms with Gasteiger partial charge in [0.25, 0.3) is 0 Å². The Bertz CT molecular complexity index is 438. The van der Waals surface area contributed by atoms with E-state index in [0.29, 0.717) is 5.56 Å². The predicted molar refractivity (Wildman–Crippen MR) is 79.0 cm³/mol. The fourth-order valence-electron chi connectivity index (χ4n) is 2.08. The number of nitrogens with one attached hydrogen (secondary N) is 1. The molecule has 0 saturated heterocycles. The molecule has 0 aliphatic rings. The van der Waals surface area contributed by atoms with Gasteiger partial charge < -0.3 is 15.2 Å². The Morgan fingerprint density at radius 1 is 1.19 bits per heavy atom. The SMILES string of the molecule is CC(C)OCC(O)CNC(c1ccc(F)cc1F)C(C)C. The second-order valence-electron chi connectivity index (χ2n) is 5.83. The maximum absolute atomic E-state index is 13.9. The lowest BCUT2D eigenvalue weighted by molar-refractivity contribution is 0.00484. The van der Waals surface area contributed by atoms with Crippen molar-refractivity contribution in [2.75, 3.05) is 13.2 Å². The van der Waals surface area contributed by atoms with Crippen LogP contribution in [-0.4, -0.2) is 30.5 Å². The van der Waals surface area contributed by atoms with Crippen LogP contribution in [0.1, 0.15) is 39.3 Å². The minimum atomic E-state index is -0.669. The van der Waals surface area contributed by atoms with E-state index in [-0.39, 0.29) is 31.2 Å². The lowest BCUT2D eigenvalue weighted by Gasteiger charge is -2.25. The average molecular weight is 301 g/mol. The summed E-state index contributed by atoms with van der Waals surface area (Å²) in [5.74, 6) is -1.07. The molecule has 0 spiro atoms. The predicted octanol–water partition coefficient (Wildman–Crippen LogP) is 3.04. The molecule has 0 radical (unpaired) electrons. The first kappa shape index (κ1) is 18.0. The Labute approximate surface area is 125 Å². The number of halogens is 2. The lowest BCUT2D eigenvalue weighted by atomic mass is 9.95. The number of aliphatic hydroxyl groups excluding tert-OH is 1. The van der Waals surface area contributed by atoms with E-state index in [2.05, 4.69) is 5.32 Å². The summed E-state index contributed by atoms with van der Waals surface area (Å²) in [7, 11) is 0. The smallest absolute Gasteiger partial charge is 0.130 e. The molecule has 0 bridgehead atoms. The molecular weight excluding hydrogens is 276 g/mol. The molecule has 120 valence electrons. The molecule has 0 saturated carbocycles. The van der Waals surface area contributed by atoms with Gasteiger partial charge in [0, 0.05) is 24.2 Å². The zero-order valence-electron chi connectivity index (χ0n) is 13.1. The van der Waals surface area contributed by atoms with Crippen molar-refractivity contribution in [2.24, 2.45) is 5.92 Å². The monoisotopic (exact) mass is 301 g/mol. The van der Waals surface area contributed by atoms with Crippen LogP contribution in [0.5, 0.6) is 0 Å². The maximum atomic E-state index is 13.9. The number of aliphatic hydroxyl groups is 1. The normalized spacial score (nSPS) is 14.7. The van der Waals surface area contributed by atoms with Crippen LogP contribution in [0.2, 0.25) is 0 Å². The van der Waals surface area contributed by atoms with Gasteiger partial charge in [-0.1, -0.05) is 19.9 Å². The average Bonchev–Trinajstić information content (AvgIpc) is 2.38. The molecule has 0 fully saturated rings. The van der Waals surface area contributed by atoms with Crippen molar-refractivity contribution in [2.45, 2.75) is 45.9 Å². The Hall–Kier alpha value is -1.04. The van der Waals surface area contributed by atoms with Gasteiger partial charge in [0.2, 0.25) is 0 Å². The minimum absolute atomic E-state index is 0.0510. The Morgan fingerprint density at radius 3 is 2.38 bits per heavy atom. The largest absolute Gasteiger partial charge is 0.389 e. The quantitative estimate of drug-likeness (QED) is 0.775. The third kappa shape index (κ3) is 6.08. The molecule has 0 heterocycles. The number of ether oxygens (including phenoxy) is 1. The second kappa shape index (κ2) is 8.41. The molecule has 1 aromatic rings. The fourth-order valence-corrected chi connectivity index (χ4v) is 2.08. The minimum Gasteiger partial charge on any atom is -0.389 e. The van der Waals surface area contributed by atoms with Gasteiger partial charge in [-0.25, -0.2) is 8.78 Å². The van der Waals surface area contributed by atoms with E-state index in [9.17, 15) is 13.9 Å². The van der Waals surface area contributed by atoms with Crippen molar-refractivity contribution in [1.29, 1.82) is 0 Å². The zero-order valence-corrected chi connectivity index (χ0v) is 13.1. The van der Waals surface area contributed by atoms with E-state index < -0.39 is 17.7 Å². The van der Waals surface area contributed by atoms with Crippen molar-refractivity contribution in [3.05, 3.63) is 35.4 Å². The third-order valence-electron chi connectivity index (χ3n) is 3.16. The first-order valence-corrected chi connectivity index (χ1v) is 7.29. The van der Waals surface area contributed by atoms with Crippen molar-refractivity contribution in [3.8, 4) is 0 Å². The van der Waals surface area contributed by atoms with Crippen molar-refractivity contribution in [3.63, 3.8) is 0 Å². The van der Waals surface area contributed by atoms with Gasteiger partial charge in [0.1, 0.15) is 11.6 Å². The summed E-state index contributed by atoms with van der Waals surface area (Å²) < 4.78 is 32.2. The van der Waals surface area contributed by atoms with Crippen LogP contribution < -0.4 is 5.32 Å². The molecule has 0 aliphatic carbocycles. The van der Waals surface area contributed by atoms with Crippen LogP contribution in [0.15, 0.2) is 18.2 Å². The molecule has 2 atom stereocenters. The van der Waals surface area contributed by atoms with E-state index in [1.165, 1.54) is 12.1 Å². The van der Waals surface area contributed by atoms with Crippen molar-refractivity contribution >= 4 is 0 Å². The van der Waals surface area contributed by atoms with Crippen LogP contribution in [-0.2, 0) is 4.74 Å². The number of rotatable bonds is 8. The van der Waals surface area contributed by atoms with Crippen LogP contribution >= 0.6 is 0 Å². The zero-order chi connectivity index (χ0) is 16.0. The Kier molecular flexibility index (Phi) is 7.22. The van der Waals surface area contributed by atoms with Gasteiger partial charge in [-0.3, -0.25) is 0 Å². The number of benzene rings is 1. The first-order valence-electron chi connectivity index (χ1n) is 7.29. The molecule has 0 amide bonds. The molecule has 5 heteroatoms. The topological polar surface area (TPSA) is 41.5 Å². The van der Waals surface area contributed by atoms with Gasteiger partial charge in [0.05, 0.1) is 18.8 Å². The molecule has 1 aromatic carbocycles. The second-order valence-corrected chi connectivity index (χ2v) is 5.83. The third-order valence-corrected chi connectivity index (χ3v) is 3.16. The summed E-state index contributed by atoms with van der Waals surface area (Å²) in [5.41, 5.74) is 0.406. The summed E-state index contributed by atoms with van der Waals surface area (Å²) in [4.78, 5) is 0. The van der Waals surface area contributed by atoms with E-state index in [4.69, 9.17) is 4.74 Å². The fraction of sp³-hybridized carbons (Fsp3) is 0.625. The molecular formula is C16H25F2NO2. The van der Waals surface area contributed by atoms with Crippen LogP contribution in [0, 0.1) is 17.6 Å². The number of hydrogen-bond donors (Lipinski definition) is 2. The van der Waals surface area contributed by atoms with Gasteiger partial charge in [-0.15, -0.1) is 0 Å². The van der Waals surface area contributed by atoms with E-state index in [0.717, 1.165) is 6.07 Å². The highest BCUT2D eigenvalue weighted by atomic mass is 19.1.